The minimum absolute atomic E-state index is 0.163. The zero-order chi connectivity index (χ0) is 36.3. The summed E-state index contributed by atoms with van der Waals surface area (Å²) in [5, 5.41) is 4.46. The Morgan fingerprint density at radius 2 is 0.782 bits per heavy atom. The van der Waals surface area contributed by atoms with Gasteiger partial charge in [-0.25, -0.2) is 0 Å². The van der Waals surface area contributed by atoms with Crippen LogP contribution in [0.25, 0.3) is 21.5 Å². The van der Waals surface area contributed by atoms with E-state index in [4.69, 9.17) is 9.47 Å². The van der Waals surface area contributed by atoms with Crippen molar-refractivity contribution in [2.24, 2.45) is 0 Å². The van der Waals surface area contributed by atoms with E-state index in [-0.39, 0.29) is 6.71 Å². The molecule has 0 saturated heterocycles. The Morgan fingerprint density at radius 1 is 0.364 bits per heavy atom. The van der Waals surface area contributed by atoms with Gasteiger partial charge in [-0.1, -0.05) is 91.0 Å². The number of nitrogens with zero attached hydrogens (tertiary/aromatic N) is 4. The average Bonchev–Trinajstić information content (AvgIpc) is 3.25. The third-order valence-electron chi connectivity index (χ3n) is 10.7. The third kappa shape index (κ3) is 4.97. The van der Waals surface area contributed by atoms with Crippen LogP contribution < -0.4 is 35.7 Å². The molecule has 0 amide bonds. The Morgan fingerprint density at radius 3 is 1.22 bits per heavy atom. The van der Waals surface area contributed by atoms with Crippen LogP contribution in [0.4, 0.5) is 34.1 Å². The van der Waals surface area contributed by atoms with Crippen molar-refractivity contribution in [2.45, 2.75) is 0 Å². The summed E-state index contributed by atoms with van der Waals surface area (Å²) in [6.45, 7) is -0.163. The second kappa shape index (κ2) is 12.6. The summed E-state index contributed by atoms with van der Waals surface area (Å²) >= 11 is 0. The quantitative estimate of drug-likeness (QED) is 0.161. The number of hydrogen-bond donors (Lipinski definition) is 0. The van der Waals surface area contributed by atoms with Crippen molar-refractivity contribution in [3.63, 3.8) is 0 Å². The monoisotopic (exact) mass is 706 g/mol. The highest BCUT2D eigenvalue weighted by Gasteiger charge is 2.43. The average molecular weight is 707 g/mol. The fourth-order valence-electron chi connectivity index (χ4n) is 8.48. The summed E-state index contributed by atoms with van der Waals surface area (Å²) in [6, 6.07) is 56.9. The maximum absolute atomic E-state index is 6.96. The standard InChI is InChI=1S/C48H31BN4O2/c1-3-14-32(15-4-1)52(34-18-12-26-50-30-34)40-28-44-46(38-22-9-7-20-36(38)40)49-47-39-23-10-8-21-37(39)41(29-45(47)55-43-25-11-24-42(54-44)48(43)49)53(33-16-5-2-6-17-33)35-19-13-27-51-31-35/h1-31H. The summed E-state index contributed by atoms with van der Waals surface area (Å²) in [5.41, 5.74) is 9.29. The van der Waals surface area contributed by atoms with Gasteiger partial charge in [0.25, 0.3) is 6.71 Å². The number of aromatic nitrogens is 2. The molecule has 9 aromatic rings. The van der Waals surface area contributed by atoms with E-state index < -0.39 is 0 Å². The Bertz CT molecular complexity index is 2620. The normalized spacial score (nSPS) is 12.3. The number of para-hydroxylation sites is 2. The SMILES string of the molecule is c1ccc(N(c2cccnc2)c2cc3c(c4ccccc24)B2c4c(cccc4Oc4cc(N(c5ccccc5)c5cccnc5)c5ccccc5c42)O3)cc1. The molecule has 7 aromatic carbocycles. The van der Waals surface area contributed by atoms with E-state index in [0.29, 0.717) is 0 Å². The number of pyridine rings is 2. The molecule has 2 aliphatic heterocycles. The molecule has 2 aliphatic rings. The van der Waals surface area contributed by atoms with Gasteiger partial charge in [-0.2, -0.15) is 0 Å². The molecule has 7 heteroatoms. The molecule has 4 heterocycles. The predicted octanol–water partition coefficient (Wildman–Crippen LogP) is 10.5. The van der Waals surface area contributed by atoms with Crippen LogP contribution >= 0.6 is 0 Å². The smallest absolute Gasteiger partial charge is 0.262 e. The summed E-state index contributed by atoms with van der Waals surface area (Å²) in [5.74, 6) is 3.22. The molecule has 0 spiro atoms. The van der Waals surface area contributed by atoms with E-state index in [1.807, 2.05) is 55.1 Å². The summed E-state index contributed by atoms with van der Waals surface area (Å²) in [6.07, 6.45) is 7.44. The summed E-state index contributed by atoms with van der Waals surface area (Å²) in [4.78, 5) is 13.6. The Hall–Kier alpha value is -7.38. The highest BCUT2D eigenvalue weighted by molar-refractivity contribution is 7.01. The van der Waals surface area contributed by atoms with E-state index in [2.05, 4.69) is 153 Å². The maximum atomic E-state index is 6.96. The van der Waals surface area contributed by atoms with Crippen molar-refractivity contribution < 1.29 is 9.47 Å². The van der Waals surface area contributed by atoms with Crippen LogP contribution in [0.2, 0.25) is 0 Å². The molecule has 0 unspecified atom stereocenters. The first-order chi connectivity index (χ1) is 27.3. The highest BCUT2D eigenvalue weighted by Crippen LogP contribution is 2.46. The molecular weight excluding hydrogens is 675 g/mol. The molecular formula is C48H31BN4O2. The second-order valence-electron chi connectivity index (χ2n) is 13.8. The minimum atomic E-state index is -0.163. The zero-order valence-electron chi connectivity index (χ0n) is 29.6. The van der Waals surface area contributed by atoms with Gasteiger partial charge in [0.2, 0.25) is 0 Å². The fraction of sp³-hybridized carbons (Fsp3) is 0. The van der Waals surface area contributed by atoms with Crippen molar-refractivity contribution in [3.05, 3.63) is 189 Å². The van der Waals surface area contributed by atoms with Crippen LogP contribution in [-0.2, 0) is 0 Å². The molecule has 0 bridgehead atoms. The van der Waals surface area contributed by atoms with Crippen molar-refractivity contribution in [2.75, 3.05) is 9.80 Å². The molecule has 0 atom stereocenters. The summed E-state index contributed by atoms with van der Waals surface area (Å²) in [7, 11) is 0. The first-order valence-electron chi connectivity index (χ1n) is 18.4. The molecule has 11 rings (SSSR count). The van der Waals surface area contributed by atoms with Gasteiger partial charge in [0.05, 0.1) is 35.1 Å². The number of rotatable bonds is 6. The number of fused-ring (bicyclic) bond motifs is 8. The van der Waals surface area contributed by atoms with Gasteiger partial charge in [-0.15, -0.1) is 0 Å². The molecule has 0 fully saturated rings. The molecule has 55 heavy (non-hydrogen) atoms. The Labute approximate surface area is 318 Å². The van der Waals surface area contributed by atoms with Gasteiger partial charge < -0.3 is 19.3 Å². The number of hydrogen-bond acceptors (Lipinski definition) is 6. The van der Waals surface area contributed by atoms with Crippen LogP contribution in [0.1, 0.15) is 0 Å². The lowest BCUT2D eigenvalue weighted by Gasteiger charge is -2.36. The van der Waals surface area contributed by atoms with Crippen LogP contribution in [0.3, 0.4) is 0 Å². The van der Waals surface area contributed by atoms with Gasteiger partial charge in [0.15, 0.2) is 0 Å². The lowest BCUT2D eigenvalue weighted by molar-refractivity contribution is 0.465. The molecule has 2 aromatic heterocycles. The number of anilines is 6. The predicted molar refractivity (Wildman–Crippen MR) is 224 cm³/mol. The van der Waals surface area contributed by atoms with E-state index in [0.717, 1.165) is 95.1 Å². The van der Waals surface area contributed by atoms with Crippen LogP contribution in [-0.4, -0.2) is 16.7 Å². The van der Waals surface area contributed by atoms with Crippen LogP contribution in [0.5, 0.6) is 23.0 Å². The van der Waals surface area contributed by atoms with Crippen LogP contribution in [0.15, 0.2) is 189 Å². The zero-order valence-corrected chi connectivity index (χ0v) is 29.6. The highest BCUT2D eigenvalue weighted by atomic mass is 16.5. The Balaban J connectivity index is 1.19. The van der Waals surface area contributed by atoms with Crippen molar-refractivity contribution in [3.8, 4) is 23.0 Å². The summed E-state index contributed by atoms with van der Waals surface area (Å²) < 4.78 is 13.9. The molecule has 0 aliphatic carbocycles. The van der Waals surface area contributed by atoms with E-state index in [9.17, 15) is 0 Å². The van der Waals surface area contributed by atoms with E-state index in [1.165, 1.54) is 0 Å². The first-order valence-corrected chi connectivity index (χ1v) is 18.4. The van der Waals surface area contributed by atoms with Crippen molar-refractivity contribution >= 4 is 78.8 Å². The van der Waals surface area contributed by atoms with Crippen molar-refractivity contribution in [1.29, 1.82) is 0 Å². The minimum Gasteiger partial charge on any atom is -0.458 e. The topological polar surface area (TPSA) is 50.7 Å². The first kappa shape index (κ1) is 31.2. The van der Waals surface area contributed by atoms with Gasteiger partial charge in [-0.3, -0.25) is 9.97 Å². The molecule has 258 valence electrons. The van der Waals surface area contributed by atoms with E-state index >= 15 is 0 Å². The van der Waals surface area contributed by atoms with Gasteiger partial charge in [0.1, 0.15) is 23.0 Å². The molecule has 0 radical (unpaired) electrons. The van der Waals surface area contributed by atoms with E-state index in [1.54, 1.807) is 0 Å². The lowest BCUT2D eigenvalue weighted by Crippen LogP contribution is -2.58. The van der Waals surface area contributed by atoms with Crippen LogP contribution in [0, 0.1) is 0 Å². The number of ether oxygens (including phenoxy) is 2. The largest absolute Gasteiger partial charge is 0.458 e. The molecule has 6 nitrogen and oxygen atoms in total. The molecule has 0 N–H and O–H groups in total. The Kier molecular flexibility index (Phi) is 7.17. The maximum Gasteiger partial charge on any atom is 0.262 e. The molecule has 0 saturated carbocycles. The number of benzene rings is 7. The van der Waals surface area contributed by atoms with Gasteiger partial charge in [-0.05, 0) is 82.4 Å². The lowest BCUT2D eigenvalue weighted by atomic mass is 9.33. The van der Waals surface area contributed by atoms with Gasteiger partial charge >= 0.3 is 0 Å². The van der Waals surface area contributed by atoms with Gasteiger partial charge in [0, 0.05) is 52.1 Å². The second-order valence-corrected chi connectivity index (χ2v) is 13.8. The fourth-order valence-corrected chi connectivity index (χ4v) is 8.48. The van der Waals surface area contributed by atoms with Crippen molar-refractivity contribution in [1.82, 2.24) is 9.97 Å². The third-order valence-corrected chi connectivity index (χ3v) is 10.7.